The minimum Gasteiger partial charge on any atom is -0.311 e. The molecule has 0 bridgehead atoms. The minimum absolute atomic E-state index is 0.183. The maximum atomic E-state index is 11.7. The molecule has 2 nitrogen and oxygen atoms in total. The summed E-state index contributed by atoms with van der Waals surface area (Å²) in [5, 5.41) is 0.183. The average Bonchev–Trinajstić information content (AvgIpc) is 2.59. The van der Waals surface area contributed by atoms with E-state index in [-0.39, 0.29) is 11.2 Å². The van der Waals surface area contributed by atoms with Gasteiger partial charge >= 0.3 is 0 Å². The van der Waals surface area contributed by atoms with E-state index in [4.69, 9.17) is 0 Å². The van der Waals surface area contributed by atoms with Gasteiger partial charge in [0.15, 0.2) is 0 Å². The molecule has 0 aliphatic carbocycles. The van der Waals surface area contributed by atoms with Crippen molar-refractivity contribution in [3.8, 4) is 0 Å². The number of carbonyl (C=O) groups is 1. The molecule has 2 rings (SSSR count). The van der Waals surface area contributed by atoms with Crippen molar-refractivity contribution in [1.29, 1.82) is 0 Å². The first-order valence-corrected chi connectivity index (χ1v) is 6.29. The number of hydrogen-bond acceptors (Lipinski definition) is 2. The van der Waals surface area contributed by atoms with Gasteiger partial charge in [0.05, 0.1) is 0 Å². The lowest BCUT2D eigenvalue weighted by Gasteiger charge is -2.16. The molecular formula is C13H17NOS. The summed E-state index contributed by atoms with van der Waals surface area (Å²) in [6.45, 7) is 2.90. The first-order chi connectivity index (χ1) is 7.70. The van der Waals surface area contributed by atoms with E-state index >= 15 is 0 Å². The van der Waals surface area contributed by atoms with E-state index in [9.17, 15) is 4.79 Å². The molecule has 0 N–H and O–H groups in total. The summed E-state index contributed by atoms with van der Waals surface area (Å²) < 4.78 is 0. The molecule has 1 atom stereocenters. The Balaban J connectivity index is 2.12. The van der Waals surface area contributed by atoms with Crippen molar-refractivity contribution in [3.05, 3.63) is 29.8 Å². The number of hydrogen-bond donors (Lipinski definition) is 1. The number of carbonyl (C=O) groups excluding carboxylic acids is 1. The lowest BCUT2D eigenvalue weighted by Crippen LogP contribution is -2.24. The van der Waals surface area contributed by atoms with Gasteiger partial charge in [-0.05, 0) is 24.1 Å². The van der Waals surface area contributed by atoms with Gasteiger partial charge in [-0.15, -0.1) is 0 Å². The van der Waals surface area contributed by atoms with Crippen LogP contribution in [0.25, 0.3) is 0 Å². The van der Waals surface area contributed by atoms with Crippen molar-refractivity contribution in [2.45, 2.75) is 31.4 Å². The first kappa shape index (κ1) is 11.5. The van der Waals surface area contributed by atoms with E-state index in [1.807, 2.05) is 17.0 Å². The number of aryl methyl sites for hydroxylation is 1. The summed E-state index contributed by atoms with van der Waals surface area (Å²) in [4.78, 5) is 13.5. The van der Waals surface area contributed by atoms with Crippen LogP contribution in [0, 0.1) is 0 Å². The smallest absolute Gasteiger partial charge is 0.228 e. The third kappa shape index (κ3) is 2.40. The minimum atomic E-state index is 0.183. The van der Waals surface area contributed by atoms with E-state index in [0.29, 0.717) is 6.42 Å². The number of benzene rings is 1. The van der Waals surface area contributed by atoms with Crippen molar-refractivity contribution in [2.24, 2.45) is 0 Å². The van der Waals surface area contributed by atoms with Crippen LogP contribution in [0.5, 0.6) is 0 Å². The van der Waals surface area contributed by atoms with Crippen molar-refractivity contribution >= 4 is 24.2 Å². The summed E-state index contributed by atoms with van der Waals surface area (Å²) >= 11 is 4.35. The Kier molecular flexibility index (Phi) is 3.54. The van der Waals surface area contributed by atoms with Gasteiger partial charge in [-0.3, -0.25) is 4.79 Å². The van der Waals surface area contributed by atoms with Crippen molar-refractivity contribution in [2.75, 3.05) is 11.4 Å². The van der Waals surface area contributed by atoms with Crippen LogP contribution < -0.4 is 4.90 Å². The number of amides is 1. The highest BCUT2D eigenvalue weighted by Gasteiger charge is 2.27. The lowest BCUT2D eigenvalue weighted by atomic mass is 10.1. The van der Waals surface area contributed by atoms with Gasteiger partial charge in [0.25, 0.3) is 0 Å². The molecule has 0 aromatic heterocycles. The Hall–Kier alpha value is -0.960. The highest BCUT2D eigenvalue weighted by Crippen LogP contribution is 2.24. The van der Waals surface area contributed by atoms with Gasteiger partial charge in [-0.25, -0.2) is 0 Å². The topological polar surface area (TPSA) is 20.3 Å². The fraction of sp³-hybridized carbons (Fsp3) is 0.462. The molecule has 1 aliphatic heterocycles. The van der Waals surface area contributed by atoms with Gasteiger partial charge in [-0.1, -0.05) is 25.5 Å². The summed E-state index contributed by atoms with van der Waals surface area (Å²) in [7, 11) is 0. The molecule has 1 aliphatic rings. The molecule has 1 heterocycles. The highest BCUT2D eigenvalue weighted by atomic mass is 32.1. The van der Waals surface area contributed by atoms with Crippen molar-refractivity contribution < 1.29 is 4.79 Å². The van der Waals surface area contributed by atoms with E-state index in [0.717, 1.165) is 25.1 Å². The van der Waals surface area contributed by atoms with Gasteiger partial charge in [-0.2, -0.15) is 12.6 Å². The monoisotopic (exact) mass is 235 g/mol. The van der Waals surface area contributed by atoms with Gasteiger partial charge in [0, 0.05) is 23.9 Å². The molecule has 1 amide bonds. The van der Waals surface area contributed by atoms with E-state index in [2.05, 4.69) is 31.7 Å². The van der Waals surface area contributed by atoms with Crippen LogP contribution in [-0.4, -0.2) is 17.7 Å². The molecule has 86 valence electrons. The Labute approximate surface area is 102 Å². The second-order valence-corrected chi connectivity index (χ2v) is 5.01. The average molecular weight is 235 g/mol. The summed E-state index contributed by atoms with van der Waals surface area (Å²) in [5.74, 6) is 0.184. The highest BCUT2D eigenvalue weighted by molar-refractivity contribution is 7.81. The van der Waals surface area contributed by atoms with Gasteiger partial charge in [0.1, 0.15) is 0 Å². The number of nitrogens with zero attached hydrogens (tertiary/aromatic N) is 1. The fourth-order valence-corrected chi connectivity index (χ4v) is 2.39. The van der Waals surface area contributed by atoms with Crippen LogP contribution in [-0.2, 0) is 11.2 Å². The Morgan fingerprint density at radius 1 is 1.38 bits per heavy atom. The second kappa shape index (κ2) is 4.91. The van der Waals surface area contributed by atoms with Crippen LogP contribution in [0.1, 0.15) is 25.3 Å². The molecule has 1 fully saturated rings. The summed E-state index contributed by atoms with van der Waals surface area (Å²) in [6.07, 6.45) is 2.81. The zero-order valence-corrected chi connectivity index (χ0v) is 10.4. The normalized spacial score (nSPS) is 20.5. The molecule has 1 saturated heterocycles. The molecule has 1 unspecified atom stereocenters. The molecular weight excluding hydrogens is 218 g/mol. The van der Waals surface area contributed by atoms with Crippen molar-refractivity contribution in [1.82, 2.24) is 0 Å². The molecule has 3 heteroatoms. The number of thiol groups is 1. The predicted octanol–water partition coefficient (Wildman–Crippen LogP) is 2.67. The number of rotatable bonds is 3. The predicted molar refractivity (Wildman–Crippen MR) is 70.2 cm³/mol. The van der Waals surface area contributed by atoms with E-state index in [1.54, 1.807) is 0 Å². The third-order valence-electron chi connectivity index (χ3n) is 2.89. The SMILES string of the molecule is CCCc1ccc(N2CC(S)CC2=O)cc1. The van der Waals surface area contributed by atoms with Gasteiger partial charge in [0.2, 0.25) is 5.91 Å². The van der Waals surface area contributed by atoms with E-state index < -0.39 is 0 Å². The number of anilines is 1. The molecule has 0 radical (unpaired) electrons. The first-order valence-electron chi connectivity index (χ1n) is 5.78. The second-order valence-electron chi connectivity index (χ2n) is 4.28. The van der Waals surface area contributed by atoms with Gasteiger partial charge < -0.3 is 4.90 Å². The zero-order valence-electron chi connectivity index (χ0n) is 9.52. The Morgan fingerprint density at radius 3 is 2.56 bits per heavy atom. The van der Waals surface area contributed by atoms with Crippen LogP contribution in [0.3, 0.4) is 0 Å². The standard InChI is InChI=1S/C13H17NOS/c1-2-3-10-4-6-11(7-5-10)14-9-12(16)8-13(14)15/h4-7,12,16H,2-3,8-9H2,1H3. The molecule has 0 spiro atoms. The maximum Gasteiger partial charge on any atom is 0.228 e. The fourth-order valence-electron chi connectivity index (χ4n) is 2.07. The van der Waals surface area contributed by atoms with Crippen LogP contribution in [0.2, 0.25) is 0 Å². The quantitative estimate of drug-likeness (QED) is 0.799. The molecule has 0 saturated carbocycles. The van der Waals surface area contributed by atoms with Crippen molar-refractivity contribution in [3.63, 3.8) is 0 Å². The van der Waals surface area contributed by atoms with E-state index in [1.165, 1.54) is 5.56 Å². The summed E-state index contributed by atoms with van der Waals surface area (Å²) in [6, 6.07) is 8.29. The lowest BCUT2D eigenvalue weighted by molar-refractivity contribution is -0.117. The van der Waals surface area contributed by atoms with Crippen LogP contribution in [0.15, 0.2) is 24.3 Å². The summed E-state index contributed by atoms with van der Waals surface area (Å²) in [5.41, 5.74) is 2.33. The molecule has 1 aromatic carbocycles. The van der Waals surface area contributed by atoms with Crippen LogP contribution in [0.4, 0.5) is 5.69 Å². The Morgan fingerprint density at radius 2 is 2.06 bits per heavy atom. The molecule has 1 aromatic rings. The Bertz CT molecular complexity index is 374. The molecule has 16 heavy (non-hydrogen) atoms. The van der Waals surface area contributed by atoms with Crippen LogP contribution >= 0.6 is 12.6 Å². The zero-order chi connectivity index (χ0) is 11.5. The third-order valence-corrected chi connectivity index (χ3v) is 3.24. The largest absolute Gasteiger partial charge is 0.311 e. The maximum absolute atomic E-state index is 11.7.